The minimum Gasteiger partial charge on any atom is -0.310 e. The number of hydrogen-bond donors (Lipinski definition) is 0. The average molecular weight is 841 g/mol. The molecule has 0 atom stereocenters. The van der Waals surface area contributed by atoms with E-state index in [9.17, 15) is 0 Å². The van der Waals surface area contributed by atoms with Crippen LogP contribution in [0.15, 0.2) is 267 Å². The molecule has 12 rings (SSSR count). The molecule has 0 bridgehead atoms. The predicted molar refractivity (Wildman–Crippen MR) is 280 cm³/mol. The zero-order valence-corrected chi connectivity index (χ0v) is 36.3. The number of fused-ring (bicyclic) bond motifs is 4. The summed E-state index contributed by atoms with van der Waals surface area (Å²) in [4.78, 5) is 2.42. The molecule has 0 N–H and O–H groups in total. The first-order chi connectivity index (χ1) is 32.7. The Morgan fingerprint density at radius 1 is 0.258 bits per heavy atom. The van der Waals surface area contributed by atoms with Gasteiger partial charge in [0.15, 0.2) is 0 Å². The van der Waals surface area contributed by atoms with Crippen molar-refractivity contribution in [3.05, 3.63) is 267 Å². The number of para-hydroxylation sites is 3. The van der Waals surface area contributed by atoms with Crippen molar-refractivity contribution in [1.82, 2.24) is 4.57 Å². The van der Waals surface area contributed by atoms with E-state index >= 15 is 0 Å². The van der Waals surface area contributed by atoms with Gasteiger partial charge >= 0.3 is 0 Å². The summed E-state index contributed by atoms with van der Waals surface area (Å²) in [5.41, 5.74) is 18.6. The van der Waals surface area contributed by atoms with E-state index in [2.05, 4.69) is 276 Å². The maximum absolute atomic E-state index is 2.42. The maximum atomic E-state index is 2.42. The smallest absolute Gasteiger partial charge is 0.0541 e. The molecule has 310 valence electrons. The molecule has 1 aromatic heterocycles. The van der Waals surface area contributed by atoms with E-state index in [4.69, 9.17) is 0 Å². The third-order valence-corrected chi connectivity index (χ3v) is 13.0. The summed E-state index contributed by atoms with van der Waals surface area (Å²) in [5, 5.41) is 4.99. The first kappa shape index (κ1) is 38.9. The molecule has 0 saturated heterocycles. The van der Waals surface area contributed by atoms with Crippen LogP contribution in [0.3, 0.4) is 0 Å². The van der Waals surface area contributed by atoms with Gasteiger partial charge in [0.2, 0.25) is 0 Å². The van der Waals surface area contributed by atoms with Gasteiger partial charge in [0.05, 0.1) is 16.7 Å². The first-order valence-electron chi connectivity index (χ1n) is 22.7. The van der Waals surface area contributed by atoms with Crippen molar-refractivity contribution >= 4 is 49.6 Å². The van der Waals surface area contributed by atoms with Crippen molar-refractivity contribution in [3.8, 4) is 61.3 Å². The van der Waals surface area contributed by atoms with Crippen molar-refractivity contribution in [1.29, 1.82) is 0 Å². The number of hydrogen-bond acceptors (Lipinski definition) is 1. The molecule has 0 radical (unpaired) electrons. The molecule has 11 aromatic carbocycles. The normalized spacial score (nSPS) is 11.3. The third-order valence-electron chi connectivity index (χ3n) is 13.0. The molecule has 0 saturated carbocycles. The highest BCUT2D eigenvalue weighted by Crippen LogP contribution is 2.46. The minimum absolute atomic E-state index is 1.07. The molecular formula is C64H44N2. The van der Waals surface area contributed by atoms with Crippen LogP contribution in [0.5, 0.6) is 0 Å². The Balaban J connectivity index is 0.989. The predicted octanol–water partition coefficient (Wildman–Crippen LogP) is 17.7. The molecule has 2 nitrogen and oxygen atoms in total. The summed E-state index contributed by atoms with van der Waals surface area (Å²) < 4.78 is 2.38. The van der Waals surface area contributed by atoms with E-state index in [0.29, 0.717) is 0 Å². The molecule has 2 heteroatoms. The fraction of sp³-hybridized carbons (Fsp3) is 0. The van der Waals surface area contributed by atoms with E-state index in [1.54, 1.807) is 0 Å². The van der Waals surface area contributed by atoms with Gasteiger partial charge < -0.3 is 9.47 Å². The summed E-state index contributed by atoms with van der Waals surface area (Å²) in [6, 6.07) is 96.9. The third kappa shape index (κ3) is 7.02. The standard InChI is InChI=1S/C64H44N2/c1-2-16-45(17-3-1)47-30-33-49(34-31-47)55-20-6-7-21-56(55)57-22-8-9-23-58(57)59-24-10-13-27-62(59)65(52-38-36-48(37-39-52)51-35-32-46-18-4-5-19-50(46)44-51)53-40-42-54(43-41-53)66-63-28-14-11-25-60(63)61-26-12-15-29-64(61)66/h1-44H. The molecule has 0 unspecified atom stereocenters. The van der Waals surface area contributed by atoms with Gasteiger partial charge in [-0.1, -0.05) is 206 Å². The fourth-order valence-electron chi connectivity index (χ4n) is 9.84. The summed E-state index contributed by atoms with van der Waals surface area (Å²) in [6.45, 7) is 0. The minimum atomic E-state index is 1.07. The Hall–Kier alpha value is -8.72. The van der Waals surface area contributed by atoms with Crippen molar-refractivity contribution < 1.29 is 0 Å². The number of rotatable bonds is 9. The highest BCUT2D eigenvalue weighted by atomic mass is 15.1. The Bertz CT molecular complexity index is 3620. The van der Waals surface area contributed by atoms with E-state index < -0.39 is 0 Å². The number of nitrogens with zero attached hydrogens (tertiary/aromatic N) is 2. The van der Waals surface area contributed by atoms with Crippen LogP contribution in [-0.2, 0) is 0 Å². The van der Waals surface area contributed by atoms with Crippen molar-refractivity contribution in [2.24, 2.45) is 0 Å². The summed E-state index contributed by atoms with van der Waals surface area (Å²) in [6.07, 6.45) is 0. The average Bonchev–Trinajstić information content (AvgIpc) is 3.74. The van der Waals surface area contributed by atoms with Gasteiger partial charge in [-0.3, -0.25) is 0 Å². The van der Waals surface area contributed by atoms with Gasteiger partial charge in [-0.05, 0) is 122 Å². The van der Waals surface area contributed by atoms with E-state index in [1.807, 2.05) is 0 Å². The lowest BCUT2D eigenvalue weighted by molar-refractivity contribution is 1.17. The second-order valence-corrected chi connectivity index (χ2v) is 16.9. The molecular weight excluding hydrogens is 797 g/mol. The van der Waals surface area contributed by atoms with Gasteiger partial charge in [0, 0.05) is 33.4 Å². The molecule has 0 aliphatic carbocycles. The van der Waals surface area contributed by atoms with Gasteiger partial charge in [0.1, 0.15) is 0 Å². The molecule has 0 fully saturated rings. The van der Waals surface area contributed by atoms with Crippen molar-refractivity contribution in [2.45, 2.75) is 0 Å². The number of benzene rings is 11. The van der Waals surface area contributed by atoms with Crippen molar-refractivity contribution in [2.75, 3.05) is 4.90 Å². The molecule has 0 spiro atoms. The van der Waals surface area contributed by atoms with Crippen LogP contribution in [0, 0.1) is 0 Å². The topological polar surface area (TPSA) is 8.17 Å². The van der Waals surface area contributed by atoms with Gasteiger partial charge in [-0.2, -0.15) is 0 Å². The van der Waals surface area contributed by atoms with Crippen LogP contribution in [-0.4, -0.2) is 4.57 Å². The Labute approximate surface area is 385 Å². The molecule has 66 heavy (non-hydrogen) atoms. The van der Waals surface area contributed by atoms with Crippen LogP contribution in [0.2, 0.25) is 0 Å². The van der Waals surface area contributed by atoms with Crippen molar-refractivity contribution in [3.63, 3.8) is 0 Å². The van der Waals surface area contributed by atoms with Gasteiger partial charge in [-0.25, -0.2) is 0 Å². The Morgan fingerprint density at radius 2 is 0.682 bits per heavy atom. The van der Waals surface area contributed by atoms with Crippen LogP contribution < -0.4 is 4.90 Å². The van der Waals surface area contributed by atoms with E-state index in [0.717, 1.165) is 28.3 Å². The molecule has 12 aromatic rings. The van der Waals surface area contributed by atoms with Gasteiger partial charge in [0.25, 0.3) is 0 Å². The second-order valence-electron chi connectivity index (χ2n) is 16.9. The molecule has 1 heterocycles. The quantitative estimate of drug-likeness (QED) is 0.141. The van der Waals surface area contributed by atoms with Gasteiger partial charge in [-0.15, -0.1) is 0 Å². The second kappa shape index (κ2) is 16.8. The lowest BCUT2D eigenvalue weighted by Gasteiger charge is -2.29. The summed E-state index contributed by atoms with van der Waals surface area (Å²) in [7, 11) is 0. The highest BCUT2D eigenvalue weighted by Gasteiger charge is 2.21. The van der Waals surface area contributed by atoms with Crippen LogP contribution in [0.4, 0.5) is 17.1 Å². The molecule has 0 amide bonds. The van der Waals surface area contributed by atoms with Crippen LogP contribution in [0.25, 0.3) is 93.9 Å². The fourth-order valence-corrected chi connectivity index (χ4v) is 9.84. The first-order valence-corrected chi connectivity index (χ1v) is 22.7. The Morgan fingerprint density at radius 3 is 1.35 bits per heavy atom. The number of aromatic nitrogens is 1. The van der Waals surface area contributed by atoms with Crippen LogP contribution in [0.1, 0.15) is 0 Å². The lowest BCUT2D eigenvalue weighted by Crippen LogP contribution is -2.11. The zero-order chi connectivity index (χ0) is 43.8. The monoisotopic (exact) mass is 840 g/mol. The summed E-state index contributed by atoms with van der Waals surface area (Å²) >= 11 is 0. The lowest BCUT2D eigenvalue weighted by atomic mass is 9.88. The van der Waals surface area contributed by atoms with E-state index in [1.165, 1.54) is 82.6 Å². The Kier molecular flexibility index (Phi) is 9.89. The van der Waals surface area contributed by atoms with Crippen LogP contribution >= 0.6 is 0 Å². The summed E-state index contributed by atoms with van der Waals surface area (Å²) in [5.74, 6) is 0. The highest BCUT2D eigenvalue weighted by molar-refractivity contribution is 6.09. The SMILES string of the molecule is c1ccc(-c2ccc(-c3ccccc3-c3ccccc3-c3ccccc3N(c3ccc(-c4ccc5ccccc5c4)cc3)c3ccc(-n4c5ccccc5c5ccccc54)cc3)cc2)cc1. The van der Waals surface area contributed by atoms with E-state index in [-0.39, 0.29) is 0 Å². The zero-order valence-electron chi connectivity index (χ0n) is 36.3. The maximum Gasteiger partial charge on any atom is 0.0541 e. The molecule has 0 aliphatic rings. The molecule has 0 aliphatic heterocycles. The largest absolute Gasteiger partial charge is 0.310 e. The number of anilines is 3.